The van der Waals surface area contributed by atoms with Crippen molar-refractivity contribution in [2.75, 3.05) is 13.1 Å². The molecule has 0 radical (unpaired) electrons. The van der Waals surface area contributed by atoms with Crippen molar-refractivity contribution in [3.8, 4) is 0 Å². The average Bonchev–Trinajstić information content (AvgIpc) is 2.43. The molecule has 0 amide bonds. The number of rotatable bonds is 15. The zero-order valence-electron chi connectivity index (χ0n) is 14.6. The maximum absolute atomic E-state index is 10.7. The first kappa shape index (κ1) is 23.7. The standard InChI is InChI=1S/C17H35NO2.Na/c1-3-5-6-7-8-9-10-11-12-13-14-18-15-16(4-2)17(19)20;/h16,18H,3-15H2,1-2H3,(H,19,20);/q;+1/p-1. The van der Waals surface area contributed by atoms with Gasteiger partial charge in [-0.2, -0.15) is 0 Å². The van der Waals surface area contributed by atoms with Gasteiger partial charge in [0.25, 0.3) is 0 Å². The molecular formula is C17H34NNaO2. The van der Waals surface area contributed by atoms with Crippen molar-refractivity contribution in [3.05, 3.63) is 0 Å². The van der Waals surface area contributed by atoms with Crippen LogP contribution >= 0.6 is 0 Å². The molecule has 0 heterocycles. The van der Waals surface area contributed by atoms with E-state index in [0.29, 0.717) is 13.0 Å². The first-order valence-corrected chi connectivity index (χ1v) is 8.63. The van der Waals surface area contributed by atoms with Crippen molar-refractivity contribution in [1.82, 2.24) is 5.32 Å². The van der Waals surface area contributed by atoms with Gasteiger partial charge in [-0.3, -0.25) is 0 Å². The molecule has 0 saturated heterocycles. The van der Waals surface area contributed by atoms with Crippen molar-refractivity contribution in [2.45, 2.75) is 84.5 Å². The number of aliphatic carboxylic acids is 1. The normalized spacial score (nSPS) is 11.9. The van der Waals surface area contributed by atoms with Crippen LogP contribution in [0.4, 0.5) is 0 Å². The summed E-state index contributed by atoms with van der Waals surface area (Å²) in [5.74, 6) is -1.26. The Labute approximate surface area is 153 Å². The molecule has 0 bridgehead atoms. The minimum Gasteiger partial charge on any atom is -0.550 e. The van der Waals surface area contributed by atoms with E-state index >= 15 is 0 Å². The predicted octanol–water partition coefficient (Wildman–Crippen LogP) is 0.277. The van der Waals surface area contributed by atoms with E-state index in [1.165, 1.54) is 57.8 Å². The molecule has 1 unspecified atom stereocenters. The fourth-order valence-electron chi connectivity index (χ4n) is 2.41. The van der Waals surface area contributed by atoms with E-state index in [1.807, 2.05) is 6.92 Å². The van der Waals surface area contributed by atoms with Gasteiger partial charge in [-0.05, 0) is 19.4 Å². The molecule has 120 valence electrons. The quantitative estimate of drug-likeness (QED) is 0.349. The molecule has 0 aliphatic carbocycles. The minimum atomic E-state index is -0.928. The summed E-state index contributed by atoms with van der Waals surface area (Å²) in [7, 11) is 0. The van der Waals surface area contributed by atoms with Crippen LogP contribution in [0.25, 0.3) is 0 Å². The van der Waals surface area contributed by atoms with E-state index in [1.54, 1.807) is 0 Å². The van der Waals surface area contributed by atoms with Crippen molar-refractivity contribution >= 4 is 5.97 Å². The Hall–Kier alpha value is 0.430. The van der Waals surface area contributed by atoms with Crippen molar-refractivity contribution in [1.29, 1.82) is 0 Å². The Balaban J connectivity index is 0. The van der Waals surface area contributed by atoms with Crippen LogP contribution in [0, 0.1) is 5.92 Å². The Bertz CT molecular complexity index is 225. The number of carbonyl (C=O) groups excluding carboxylic acids is 1. The number of carbonyl (C=O) groups is 1. The van der Waals surface area contributed by atoms with Gasteiger partial charge in [-0.1, -0.05) is 71.6 Å². The van der Waals surface area contributed by atoms with Crippen LogP contribution in [0.3, 0.4) is 0 Å². The van der Waals surface area contributed by atoms with Gasteiger partial charge in [0.05, 0.1) is 0 Å². The van der Waals surface area contributed by atoms with Gasteiger partial charge in [-0.25, -0.2) is 0 Å². The van der Waals surface area contributed by atoms with E-state index in [0.717, 1.165) is 13.0 Å². The molecule has 3 nitrogen and oxygen atoms in total. The average molecular weight is 307 g/mol. The van der Waals surface area contributed by atoms with Gasteiger partial charge < -0.3 is 15.2 Å². The number of hydrogen-bond donors (Lipinski definition) is 1. The maximum Gasteiger partial charge on any atom is 1.00 e. The molecular weight excluding hydrogens is 273 g/mol. The SMILES string of the molecule is CCCCCCCCCCCCNCC(CC)C(=O)[O-].[Na+]. The van der Waals surface area contributed by atoms with Crippen molar-refractivity contribution in [3.63, 3.8) is 0 Å². The Morgan fingerprint density at radius 1 is 0.905 bits per heavy atom. The number of hydrogen-bond acceptors (Lipinski definition) is 3. The first-order chi connectivity index (χ1) is 9.72. The van der Waals surface area contributed by atoms with E-state index in [-0.39, 0.29) is 35.5 Å². The molecule has 1 atom stereocenters. The molecule has 0 fully saturated rings. The molecule has 0 rings (SSSR count). The molecule has 0 aliphatic heterocycles. The van der Waals surface area contributed by atoms with Gasteiger partial charge in [0.15, 0.2) is 0 Å². The number of nitrogens with one attached hydrogen (secondary N) is 1. The largest absolute Gasteiger partial charge is 1.00 e. The van der Waals surface area contributed by atoms with Crippen LogP contribution in [0.2, 0.25) is 0 Å². The van der Waals surface area contributed by atoms with Crippen LogP contribution in [0.1, 0.15) is 84.5 Å². The minimum absolute atomic E-state index is 0. The second-order valence-electron chi connectivity index (χ2n) is 5.81. The smallest absolute Gasteiger partial charge is 0.550 e. The van der Waals surface area contributed by atoms with Crippen molar-refractivity contribution in [2.24, 2.45) is 5.92 Å². The Kier molecular flexibility index (Phi) is 20.8. The van der Waals surface area contributed by atoms with Gasteiger partial charge in [0, 0.05) is 18.4 Å². The van der Waals surface area contributed by atoms with Gasteiger partial charge in [-0.15, -0.1) is 0 Å². The van der Waals surface area contributed by atoms with Crippen LogP contribution in [-0.4, -0.2) is 19.1 Å². The zero-order valence-corrected chi connectivity index (χ0v) is 16.6. The summed E-state index contributed by atoms with van der Waals surface area (Å²) in [6, 6.07) is 0. The van der Waals surface area contributed by atoms with Gasteiger partial charge in [0.2, 0.25) is 0 Å². The third kappa shape index (κ3) is 16.6. The van der Waals surface area contributed by atoms with E-state index in [4.69, 9.17) is 0 Å². The first-order valence-electron chi connectivity index (χ1n) is 8.63. The van der Waals surface area contributed by atoms with Crippen LogP contribution in [-0.2, 0) is 4.79 Å². The molecule has 21 heavy (non-hydrogen) atoms. The molecule has 0 aromatic heterocycles. The summed E-state index contributed by atoms with van der Waals surface area (Å²) in [6.45, 7) is 5.63. The number of carboxylic acid groups (broad SMARTS) is 1. The summed E-state index contributed by atoms with van der Waals surface area (Å²) in [4.78, 5) is 10.7. The predicted molar refractivity (Wildman–Crippen MR) is 83.5 cm³/mol. The summed E-state index contributed by atoms with van der Waals surface area (Å²) >= 11 is 0. The second kappa shape index (κ2) is 18.5. The van der Waals surface area contributed by atoms with Crippen LogP contribution < -0.4 is 40.0 Å². The number of unbranched alkanes of at least 4 members (excludes halogenated alkanes) is 9. The third-order valence-corrected chi connectivity index (χ3v) is 3.92. The maximum atomic E-state index is 10.7. The van der Waals surface area contributed by atoms with Gasteiger partial charge >= 0.3 is 29.6 Å². The number of carboxylic acids is 1. The monoisotopic (exact) mass is 307 g/mol. The van der Waals surface area contributed by atoms with Crippen molar-refractivity contribution < 1.29 is 39.5 Å². The van der Waals surface area contributed by atoms with E-state index < -0.39 is 5.97 Å². The topological polar surface area (TPSA) is 52.2 Å². The fraction of sp³-hybridized carbons (Fsp3) is 0.941. The summed E-state index contributed by atoms with van der Waals surface area (Å²) in [5, 5.41) is 13.9. The summed E-state index contributed by atoms with van der Waals surface area (Å²) < 4.78 is 0. The molecule has 1 N–H and O–H groups in total. The molecule has 0 aromatic carbocycles. The summed E-state index contributed by atoms with van der Waals surface area (Å²) in [5.41, 5.74) is 0. The molecule has 4 heteroatoms. The zero-order chi connectivity index (χ0) is 15.1. The molecule has 0 saturated carbocycles. The third-order valence-electron chi connectivity index (χ3n) is 3.92. The molecule has 0 spiro atoms. The molecule has 0 aliphatic rings. The van der Waals surface area contributed by atoms with E-state index in [2.05, 4.69) is 12.2 Å². The van der Waals surface area contributed by atoms with Crippen LogP contribution in [0.5, 0.6) is 0 Å². The van der Waals surface area contributed by atoms with Gasteiger partial charge in [0.1, 0.15) is 0 Å². The molecule has 0 aromatic rings. The Morgan fingerprint density at radius 2 is 1.38 bits per heavy atom. The fourth-order valence-corrected chi connectivity index (χ4v) is 2.41. The second-order valence-corrected chi connectivity index (χ2v) is 5.81. The Morgan fingerprint density at radius 3 is 1.81 bits per heavy atom. The summed E-state index contributed by atoms with van der Waals surface area (Å²) in [6.07, 6.45) is 14.0. The van der Waals surface area contributed by atoms with Crippen LogP contribution in [0.15, 0.2) is 0 Å². The van der Waals surface area contributed by atoms with E-state index in [9.17, 15) is 9.90 Å².